The second-order valence-corrected chi connectivity index (χ2v) is 26.0. The molecule has 0 aromatic rings. The van der Waals surface area contributed by atoms with Gasteiger partial charge >= 0.3 is 5.97 Å². The molecule has 81 heavy (non-hydrogen) atoms. The molecule has 1 amide bonds. The van der Waals surface area contributed by atoms with Crippen LogP contribution in [0.3, 0.4) is 0 Å². The van der Waals surface area contributed by atoms with Crippen molar-refractivity contribution in [3.63, 3.8) is 0 Å². The first-order valence-electron chi connectivity index (χ1n) is 37.4. The minimum Gasteiger partial charge on any atom is -0.466 e. The van der Waals surface area contributed by atoms with Crippen molar-refractivity contribution in [2.75, 3.05) is 13.2 Å². The minimum absolute atomic E-state index is 0.0196. The third-order valence-corrected chi connectivity index (χ3v) is 17.8. The highest BCUT2D eigenvalue weighted by Crippen LogP contribution is 2.20. The Morgan fingerprint density at radius 1 is 0.333 bits per heavy atom. The molecule has 0 saturated heterocycles. The number of ether oxygens (including phenoxy) is 1. The maximum absolute atomic E-state index is 12.6. The van der Waals surface area contributed by atoms with E-state index in [-0.39, 0.29) is 18.5 Å². The third-order valence-electron chi connectivity index (χ3n) is 17.8. The summed E-state index contributed by atoms with van der Waals surface area (Å²) in [5.74, 6) is -0.0120. The highest BCUT2D eigenvalue weighted by molar-refractivity contribution is 5.76. The van der Waals surface area contributed by atoms with Crippen LogP contribution in [0.1, 0.15) is 431 Å². The maximum atomic E-state index is 12.6. The van der Waals surface area contributed by atoms with Crippen molar-refractivity contribution in [3.8, 4) is 0 Å². The Kier molecular flexibility index (Phi) is 69.9. The van der Waals surface area contributed by atoms with Crippen LogP contribution in [0.4, 0.5) is 0 Å². The Balaban J connectivity index is 3.37. The van der Waals surface area contributed by atoms with Crippen LogP contribution < -0.4 is 5.32 Å². The molecule has 0 aromatic carbocycles. The topological polar surface area (TPSA) is 95.9 Å². The molecular weight excluding hydrogens is 995 g/mol. The van der Waals surface area contributed by atoms with Crippen LogP contribution in [0, 0.1) is 0 Å². The number of carbonyl (C=O) groups is 2. The van der Waals surface area contributed by atoms with Crippen LogP contribution in [-0.2, 0) is 14.3 Å². The fourth-order valence-electron chi connectivity index (χ4n) is 12.1. The van der Waals surface area contributed by atoms with Crippen molar-refractivity contribution in [1.82, 2.24) is 5.32 Å². The molecule has 0 aromatic heterocycles. The summed E-state index contributed by atoms with van der Waals surface area (Å²) in [6, 6.07) is -0.543. The summed E-state index contributed by atoms with van der Waals surface area (Å²) < 4.78 is 5.51. The van der Waals surface area contributed by atoms with E-state index in [4.69, 9.17) is 4.74 Å². The van der Waals surface area contributed by atoms with Gasteiger partial charge in [0.05, 0.1) is 25.4 Å². The van der Waals surface area contributed by atoms with Crippen LogP contribution in [0.15, 0.2) is 12.2 Å². The summed E-state index contributed by atoms with van der Waals surface area (Å²) in [4.78, 5) is 24.7. The molecule has 0 aliphatic carbocycles. The van der Waals surface area contributed by atoms with E-state index in [0.29, 0.717) is 25.9 Å². The van der Waals surface area contributed by atoms with Crippen LogP contribution in [-0.4, -0.2) is 47.4 Å². The predicted molar refractivity (Wildman–Crippen MR) is 357 cm³/mol. The number of nitrogens with one attached hydrogen (secondary N) is 1. The number of aliphatic hydroxyl groups excluding tert-OH is 2. The second-order valence-electron chi connectivity index (χ2n) is 26.0. The van der Waals surface area contributed by atoms with Crippen LogP contribution in [0.2, 0.25) is 0 Å². The van der Waals surface area contributed by atoms with E-state index in [1.54, 1.807) is 0 Å². The Hall–Kier alpha value is -1.40. The van der Waals surface area contributed by atoms with Crippen LogP contribution in [0.5, 0.6) is 0 Å². The number of esters is 1. The number of unbranched alkanes of at least 4 members (excludes halogenated alkanes) is 58. The van der Waals surface area contributed by atoms with Gasteiger partial charge in [-0.3, -0.25) is 9.59 Å². The lowest BCUT2D eigenvalue weighted by atomic mass is 10.0. The first-order valence-corrected chi connectivity index (χ1v) is 37.4. The van der Waals surface area contributed by atoms with Gasteiger partial charge in [-0.1, -0.05) is 379 Å². The van der Waals surface area contributed by atoms with Gasteiger partial charge in [0.2, 0.25) is 5.91 Å². The molecule has 0 bridgehead atoms. The molecule has 0 aliphatic heterocycles. The average molecular weight is 1140 g/mol. The van der Waals surface area contributed by atoms with Crippen LogP contribution >= 0.6 is 0 Å². The number of rotatable bonds is 71. The Morgan fingerprint density at radius 2 is 0.580 bits per heavy atom. The van der Waals surface area contributed by atoms with E-state index in [9.17, 15) is 19.8 Å². The summed E-state index contributed by atoms with van der Waals surface area (Å²) in [5.41, 5.74) is 0. The SMILES string of the molecule is CCCCCCCCCCCCCCCCCCCCCCCC(O)C(CO)NC(=O)CCCCCCCCCCCC/C=C\CCCCCCCCCCCCCCOC(=O)CCCCCCCCCCCCCCCCCCC. The molecule has 0 radical (unpaired) electrons. The molecule has 482 valence electrons. The number of carbonyl (C=O) groups excluding carboxylic acids is 2. The fraction of sp³-hybridized carbons (Fsp3) is 0.947. The molecular formula is C75H147NO5. The molecule has 2 unspecified atom stereocenters. The molecule has 2 atom stereocenters. The molecule has 6 heteroatoms. The zero-order chi connectivity index (χ0) is 58.5. The molecule has 0 saturated carbocycles. The first kappa shape index (κ1) is 79.6. The highest BCUT2D eigenvalue weighted by Gasteiger charge is 2.20. The summed E-state index contributed by atoms with van der Waals surface area (Å²) in [5, 5.41) is 23.4. The molecule has 0 spiro atoms. The number of aliphatic hydroxyl groups is 2. The van der Waals surface area contributed by atoms with E-state index in [2.05, 4.69) is 31.3 Å². The van der Waals surface area contributed by atoms with Gasteiger partial charge in [0.15, 0.2) is 0 Å². The zero-order valence-corrected chi connectivity index (χ0v) is 55.3. The molecule has 0 heterocycles. The minimum atomic E-state index is -0.666. The standard InChI is InChI=1S/C75H147NO5/c1-3-5-7-9-11-13-15-17-19-21-22-29-32-36-39-43-47-51-55-59-63-67-73(78)72(71-77)76-74(79)68-64-60-56-52-48-44-40-37-33-30-27-25-23-24-26-28-31-34-38-42-46-50-54-58-62-66-70-81-75(80)69-65-61-57-53-49-45-41-35-20-18-16-14-12-10-8-6-4-2/h23,25,72-73,77-78H,3-22,24,26-71H2,1-2H3,(H,76,79)/b25-23-. The number of amides is 1. The summed E-state index contributed by atoms with van der Waals surface area (Å²) in [6.07, 6.45) is 88.5. The van der Waals surface area contributed by atoms with E-state index >= 15 is 0 Å². The van der Waals surface area contributed by atoms with Crippen molar-refractivity contribution in [1.29, 1.82) is 0 Å². The van der Waals surface area contributed by atoms with Crippen molar-refractivity contribution in [2.45, 2.75) is 443 Å². The predicted octanol–water partition coefficient (Wildman–Crippen LogP) is 24.3. The fourth-order valence-corrected chi connectivity index (χ4v) is 12.1. The van der Waals surface area contributed by atoms with Gasteiger partial charge < -0.3 is 20.3 Å². The zero-order valence-electron chi connectivity index (χ0n) is 55.3. The van der Waals surface area contributed by atoms with Gasteiger partial charge in [0.25, 0.3) is 0 Å². The van der Waals surface area contributed by atoms with Gasteiger partial charge in [-0.25, -0.2) is 0 Å². The normalized spacial score (nSPS) is 12.5. The van der Waals surface area contributed by atoms with E-state index in [1.165, 1.54) is 360 Å². The van der Waals surface area contributed by atoms with Gasteiger partial charge in [0, 0.05) is 12.8 Å². The Labute approximate surface area is 508 Å². The maximum Gasteiger partial charge on any atom is 0.305 e. The lowest BCUT2D eigenvalue weighted by Gasteiger charge is -2.22. The summed E-state index contributed by atoms with van der Waals surface area (Å²) in [6.45, 7) is 5.01. The molecule has 6 nitrogen and oxygen atoms in total. The smallest absolute Gasteiger partial charge is 0.305 e. The summed E-state index contributed by atoms with van der Waals surface area (Å²) in [7, 11) is 0. The van der Waals surface area contributed by atoms with Gasteiger partial charge in [0.1, 0.15) is 0 Å². The van der Waals surface area contributed by atoms with Gasteiger partial charge in [-0.2, -0.15) is 0 Å². The van der Waals surface area contributed by atoms with Crippen molar-refractivity contribution >= 4 is 11.9 Å². The molecule has 3 N–H and O–H groups in total. The van der Waals surface area contributed by atoms with E-state index < -0.39 is 12.1 Å². The molecule has 0 aliphatic rings. The van der Waals surface area contributed by atoms with Gasteiger partial charge in [-0.15, -0.1) is 0 Å². The lowest BCUT2D eigenvalue weighted by molar-refractivity contribution is -0.143. The quantitative estimate of drug-likeness (QED) is 0.0320. The van der Waals surface area contributed by atoms with Crippen molar-refractivity contribution in [3.05, 3.63) is 12.2 Å². The number of hydrogen-bond acceptors (Lipinski definition) is 5. The van der Waals surface area contributed by atoms with E-state index in [0.717, 1.165) is 38.5 Å². The highest BCUT2D eigenvalue weighted by atomic mass is 16.5. The summed E-state index contributed by atoms with van der Waals surface area (Å²) >= 11 is 0. The molecule has 0 rings (SSSR count). The Bertz CT molecular complexity index is 1220. The van der Waals surface area contributed by atoms with Crippen molar-refractivity contribution < 1.29 is 24.5 Å². The van der Waals surface area contributed by atoms with Crippen LogP contribution in [0.25, 0.3) is 0 Å². The number of allylic oxidation sites excluding steroid dienone is 2. The lowest BCUT2D eigenvalue weighted by Crippen LogP contribution is -2.45. The second kappa shape index (κ2) is 71.1. The Morgan fingerprint density at radius 3 is 0.877 bits per heavy atom. The largest absolute Gasteiger partial charge is 0.466 e. The van der Waals surface area contributed by atoms with E-state index in [1.807, 2.05) is 0 Å². The number of hydrogen-bond donors (Lipinski definition) is 3. The first-order chi connectivity index (χ1) is 40.0. The monoisotopic (exact) mass is 1140 g/mol. The third kappa shape index (κ3) is 67.6. The van der Waals surface area contributed by atoms with Crippen molar-refractivity contribution in [2.24, 2.45) is 0 Å². The molecule has 0 fully saturated rings. The van der Waals surface area contributed by atoms with Gasteiger partial charge in [-0.05, 0) is 51.4 Å². The average Bonchev–Trinajstić information content (AvgIpc) is 3.47.